The maximum Gasteiger partial charge on any atom is 0.0342 e. The first-order valence-electron chi connectivity index (χ1n) is 7.37. The average Bonchev–Trinajstić information content (AvgIpc) is 2.40. The van der Waals surface area contributed by atoms with Crippen LogP contribution in [0.25, 0.3) is 0 Å². The minimum Gasteiger partial charge on any atom is -0.383 e. The lowest BCUT2D eigenvalue weighted by Gasteiger charge is -2.27. The van der Waals surface area contributed by atoms with Crippen LogP contribution in [0.3, 0.4) is 0 Å². The average molecular weight is 246 g/mol. The monoisotopic (exact) mass is 246 g/mol. The van der Waals surface area contributed by atoms with E-state index in [1.54, 1.807) is 0 Å². The second-order valence-electron chi connectivity index (χ2n) is 5.48. The van der Waals surface area contributed by atoms with Crippen molar-refractivity contribution < 1.29 is 0 Å². The van der Waals surface area contributed by atoms with E-state index in [9.17, 15) is 0 Å². The van der Waals surface area contributed by atoms with Crippen molar-refractivity contribution in [3.05, 3.63) is 29.8 Å². The van der Waals surface area contributed by atoms with Gasteiger partial charge in [-0.1, -0.05) is 25.5 Å². The summed E-state index contributed by atoms with van der Waals surface area (Å²) in [4.78, 5) is 0. The fourth-order valence-electron chi connectivity index (χ4n) is 2.73. The van der Waals surface area contributed by atoms with Crippen molar-refractivity contribution in [2.75, 3.05) is 11.9 Å². The van der Waals surface area contributed by atoms with Crippen LogP contribution in [0.1, 0.15) is 45.1 Å². The fourth-order valence-corrected chi connectivity index (χ4v) is 2.73. The Balaban J connectivity index is 1.80. The number of nitrogens with one attached hydrogen (secondary N) is 2. The molecule has 2 atom stereocenters. The van der Waals surface area contributed by atoms with Gasteiger partial charge in [0.2, 0.25) is 0 Å². The Kier molecular flexibility index (Phi) is 5.06. The van der Waals surface area contributed by atoms with Gasteiger partial charge < -0.3 is 10.6 Å². The Labute approximate surface area is 111 Å². The van der Waals surface area contributed by atoms with Gasteiger partial charge in [0.15, 0.2) is 0 Å². The highest BCUT2D eigenvalue weighted by Gasteiger charge is 2.15. The van der Waals surface area contributed by atoms with Gasteiger partial charge in [0, 0.05) is 17.8 Å². The van der Waals surface area contributed by atoms with Crippen molar-refractivity contribution in [1.29, 1.82) is 0 Å². The Morgan fingerprint density at radius 3 is 2.67 bits per heavy atom. The smallest absolute Gasteiger partial charge is 0.0342 e. The molecular formula is C16H26N2. The summed E-state index contributed by atoms with van der Waals surface area (Å²) in [5.41, 5.74) is 2.65. The Morgan fingerprint density at radius 1 is 1.28 bits per heavy atom. The molecule has 2 heteroatoms. The van der Waals surface area contributed by atoms with Gasteiger partial charge in [-0.2, -0.15) is 0 Å². The van der Waals surface area contributed by atoms with E-state index in [4.69, 9.17) is 0 Å². The molecule has 0 spiro atoms. The lowest BCUT2D eigenvalue weighted by Crippen LogP contribution is -2.37. The molecule has 2 N–H and O–H groups in total. The first-order chi connectivity index (χ1) is 8.78. The molecule has 18 heavy (non-hydrogen) atoms. The lowest BCUT2D eigenvalue weighted by molar-refractivity contribution is 0.371. The molecule has 0 radical (unpaired) electrons. The molecule has 1 aliphatic heterocycles. The van der Waals surface area contributed by atoms with Crippen molar-refractivity contribution in [3.63, 3.8) is 0 Å². The molecule has 2 nitrogen and oxygen atoms in total. The molecule has 100 valence electrons. The number of hydrogen-bond donors (Lipinski definition) is 2. The van der Waals surface area contributed by atoms with Crippen LogP contribution < -0.4 is 10.6 Å². The molecule has 1 aliphatic rings. The second-order valence-corrected chi connectivity index (χ2v) is 5.48. The van der Waals surface area contributed by atoms with Gasteiger partial charge in [0.05, 0.1) is 0 Å². The topological polar surface area (TPSA) is 24.1 Å². The van der Waals surface area contributed by atoms with Crippen LogP contribution in [-0.4, -0.2) is 18.6 Å². The van der Waals surface area contributed by atoms with Crippen LogP contribution in [0.15, 0.2) is 24.3 Å². The molecule has 0 saturated carbocycles. The number of hydrogen-bond acceptors (Lipinski definition) is 2. The Hall–Kier alpha value is -1.02. The highest BCUT2D eigenvalue weighted by molar-refractivity contribution is 5.45. The van der Waals surface area contributed by atoms with Crippen LogP contribution in [0.5, 0.6) is 0 Å². The summed E-state index contributed by atoms with van der Waals surface area (Å²) in [6.45, 7) is 5.67. The van der Waals surface area contributed by atoms with Crippen LogP contribution in [-0.2, 0) is 6.42 Å². The van der Waals surface area contributed by atoms with Gasteiger partial charge >= 0.3 is 0 Å². The molecule has 0 amide bonds. The van der Waals surface area contributed by atoms with E-state index < -0.39 is 0 Å². The maximum atomic E-state index is 3.61. The summed E-state index contributed by atoms with van der Waals surface area (Å²) in [5, 5.41) is 7.21. The third-order valence-corrected chi connectivity index (χ3v) is 3.83. The molecule has 2 unspecified atom stereocenters. The predicted molar refractivity (Wildman–Crippen MR) is 79.2 cm³/mol. The minimum atomic E-state index is 0.535. The predicted octanol–water partition coefficient (Wildman–Crippen LogP) is 3.58. The first-order valence-corrected chi connectivity index (χ1v) is 7.37. The van der Waals surface area contributed by atoms with E-state index in [1.807, 2.05) is 0 Å². The highest BCUT2D eigenvalue weighted by Crippen LogP contribution is 2.16. The number of rotatable bonds is 5. The van der Waals surface area contributed by atoms with Gasteiger partial charge in [-0.05, 0) is 56.8 Å². The van der Waals surface area contributed by atoms with Crippen LogP contribution in [0, 0.1) is 0 Å². The van der Waals surface area contributed by atoms with Crippen molar-refractivity contribution in [1.82, 2.24) is 5.32 Å². The van der Waals surface area contributed by atoms with Gasteiger partial charge in [-0.15, -0.1) is 0 Å². The Bertz CT molecular complexity index is 339. The molecular weight excluding hydrogens is 220 g/mol. The third-order valence-electron chi connectivity index (χ3n) is 3.83. The second kappa shape index (κ2) is 6.79. The van der Waals surface area contributed by atoms with Gasteiger partial charge in [0.25, 0.3) is 0 Å². The molecule has 1 aromatic rings. The zero-order chi connectivity index (χ0) is 12.8. The largest absolute Gasteiger partial charge is 0.383 e. The molecule has 1 aromatic carbocycles. The molecule has 1 heterocycles. The summed E-state index contributed by atoms with van der Waals surface area (Å²) >= 11 is 0. The van der Waals surface area contributed by atoms with Crippen LogP contribution in [0.4, 0.5) is 5.69 Å². The SMILES string of the molecule is CCc1ccc(NC(C)CC2CCCCN2)cc1. The lowest BCUT2D eigenvalue weighted by atomic mass is 9.98. The summed E-state index contributed by atoms with van der Waals surface area (Å²) in [5.74, 6) is 0. The summed E-state index contributed by atoms with van der Waals surface area (Å²) in [7, 11) is 0. The number of piperidine rings is 1. The van der Waals surface area contributed by atoms with Crippen molar-refractivity contribution in [3.8, 4) is 0 Å². The maximum absolute atomic E-state index is 3.61. The third kappa shape index (κ3) is 4.02. The van der Waals surface area contributed by atoms with Gasteiger partial charge in [0.1, 0.15) is 0 Å². The fraction of sp³-hybridized carbons (Fsp3) is 0.625. The molecule has 0 aliphatic carbocycles. The summed E-state index contributed by atoms with van der Waals surface area (Å²) in [6.07, 6.45) is 6.39. The summed E-state index contributed by atoms with van der Waals surface area (Å²) in [6, 6.07) is 10.1. The number of aryl methyl sites for hydroxylation is 1. The minimum absolute atomic E-state index is 0.535. The molecule has 1 fully saturated rings. The van der Waals surface area contributed by atoms with E-state index in [1.165, 1.54) is 43.5 Å². The zero-order valence-corrected chi connectivity index (χ0v) is 11.7. The molecule has 1 saturated heterocycles. The van der Waals surface area contributed by atoms with E-state index in [0.717, 1.165) is 6.42 Å². The highest BCUT2D eigenvalue weighted by atomic mass is 15.0. The van der Waals surface area contributed by atoms with E-state index in [0.29, 0.717) is 12.1 Å². The number of benzene rings is 1. The molecule has 0 aromatic heterocycles. The Morgan fingerprint density at radius 2 is 2.06 bits per heavy atom. The summed E-state index contributed by atoms with van der Waals surface area (Å²) < 4.78 is 0. The van der Waals surface area contributed by atoms with E-state index >= 15 is 0 Å². The standard InChI is InChI=1S/C16H26N2/c1-3-14-7-9-15(10-8-14)18-13(2)12-16-6-4-5-11-17-16/h7-10,13,16-18H,3-6,11-12H2,1-2H3. The van der Waals surface area contributed by atoms with Crippen LogP contribution >= 0.6 is 0 Å². The van der Waals surface area contributed by atoms with Gasteiger partial charge in [-0.3, -0.25) is 0 Å². The zero-order valence-electron chi connectivity index (χ0n) is 11.7. The van der Waals surface area contributed by atoms with Crippen molar-refractivity contribution >= 4 is 5.69 Å². The van der Waals surface area contributed by atoms with Crippen molar-refractivity contribution in [2.24, 2.45) is 0 Å². The van der Waals surface area contributed by atoms with E-state index in [2.05, 4.69) is 48.7 Å². The first kappa shape index (κ1) is 13.4. The van der Waals surface area contributed by atoms with E-state index in [-0.39, 0.29) is 0 Å². The van der Waals surface area contributed by atoms with Crippen molar-refractivity contribution in [2.45, 2.75) is 58.0 Å². The molecule has 0 bridgehead atoms. The molecule has 2 rings (SSSR count). The van der Waals surface area contributed by atoms with Crippen LogP contribution in [0.2, 0.25) is 0 Å². The van der Waals surface area contributed by atoms with Gasteiger partial charge in [-0.25, -0.2) is 0 Å². The quantitative estimate of drug-likeness (QED) is 0.830. The number of anilines is 1. The normalized spacial score (nSPS) is 21.6.